The molecule has 1 aliphatic carbocycles. The highest BCUT2D eigenvalue weighted by molar-refractivity contribution is 5.14. The van der Waals surface area contributed by atoms with Gasteiger partial charge in [0, 0.05) is 18.8 Å². The fourth-order valence-corrected chi connectivity index (χ4v) is 3.25. The molecule has 18 heavy (non-hydrogen) atoms. The van der Waals surface area contributed by atoms with E-state index in [4.69, 9.17) is 5.73 Å². The molecule has 1 aromatic heterocycles. The van der Waals surface area contributed by atoms with Gasteiger partial charge in [-0.05, 0) is 33.0 Å². The maximum absolute atomic E-state index is 6.57. The van der Waals surface area contributed by atoms with Gasteiger partial charge in [-0.1, -0.05) is 25.7 Å². The van der Waals surface area contributed by atoms with Crippen LogP contribution in [0, 0.1) is 0 Å². The highest BCUT2D eigenvalue weighted by Gasteiger charge is 2.40. The van der Waals surface area contributed by atoms with Crippen molar-refractivity contribution in [1.82, 2.24) is 14.7 Å². The normalized spacial score (nSPS) is 21.8. The van der Waals surface area contributed by atoms with Crippen molar-refractivity contribution in [3.63, 3.8) is 0 Å². The number of likely N-dealkylation sites (N-methyl/N-ethyl adjacent to an activating group) is 1. The molecule has 102 valence electrons. The van der Waals surface area contributed by atoms with E-state index < -0.39 is 0 Å². The lowest BCUT2D eigenvalue weighted by Gasteiger charge is -2.43. The van der Waals surface area contributed by atoms with E-state index in [1.807, 2.05) is 17.9 Å². The molecule has 0 saturated heterocycles. The lowest BCUT2D eigenvalue weighted by atomic mass is 9.80. The van der Waals surface area contributed by atoms with Crippen LogP contribution >= 0.6 is 0 Å². The molecule has 2 N–H and O–H groups in total. The summed E-state index contributed by atoms with van der Waals surface area (Å²) in [5, 5.41) is 4.51. The van der Waals surface area contributed by atoms with Crippen LogP contribution < -0.4 is 5.73 Å². The van der Waals surface area contributed by atoms with Crippen molar-refractivity contribution < 1.29 is 0 Å². The molecule has 1 fully saturated rings. The molecule has 4 nitrogen and oxygen atoms in total. The minimum Gasteiger partial charge on any atom is -0.321 e. The largest absolute Gasteiger partial charge is 0.321 e. The Morgan fingerprint density at radius 3 is 2.33 bits per heavy atom. The van der Waals surface area contributed by atoms with E-state index in [1.165, 1.54) is 38.5 Å². The van der Waals surface area contributed by atoms with Gasteiger partial charge >= 0.3 is 0 Å². The summed E-state index contributed by atoms with van der Waals surface area (Å²) in [6, 6.07) is 2.06. The van der Waals surface area contributed by atoms with Gasteiger partial charge in [0.1, 0.15) is 0 Å². The van der Waals surface area contributed by atoms with E-state index in [0.717, 1.165) is 5.69 Å². The number of aromatic nitrogens is 2. The molecule has 1 aliphatic rings. The van der Waals surface area contributed by atoms with Crippen molar-refractivity contribution in [3.05, 3.63) is 18.0 Å². The molecule has 2 rings (SSSR count). The molecule has 1 unspecified atom stereocenters. The zero-order valence-electron chi connectivity index (χ0n) is 11.9. The monoisotopic (exact) mass is 250 g/mol. The molecular formula is C14H26N4. The topological polar surface area (TPSA) is 47.1 Å². The Morgan fingerprint density at radius 1 is 1.28 bits per heavy atom. The average molecular weight is 250 g/mol. The predicted octanol–water partition coefficient (Wildman–Crippen LogP) is 2.07. The Balaban J connectivity index is 2.28. The number of hydrogen-bond donors (Lipinski definition) is 1. The summed E-state index contributed by atoms with van der Waals surface area (Å²) in [6.45, 7) is 0. The van der Waals surface area contributed by atoms with E-state index in [2.05, 4.69) is 30.2 Å². The molecule has 0 amide bonds. The van der Waals surface area contributed by atoms with Crippen LogP contribution in [-0.4, -0.2) is 34.3 Å². The second-order valence-corrected chi connectivity index (χ2v) is 5.80. The van der Waals surface area contributed by atoms with Crippen LogP contribution in [0.3, 0.4) is 0 Å². The first kappa shape index (κ1) is 13.6. The van der Waals surface area contributed by atoms with Crippen LogP contribution in [0.15, 0.2) is 12.3 Å². The van der Waals surface area contributed by atoms with Gasteiger partial charge in [0.15, 0.2) is 0 Å². The van der Waals surface area contributed by atoms with Gasteiger partial charge in [-0.25, -0.2) is 0 Å². The van der Waals surface area contributed by atoms with Gasteiger partial charge < -0.3 is 10.6 Å². The second-order valence-electron chi connectivity index (χ2n) is 5.80. The third-order valence-corrected chi connectivity index (χ3v) is 4.49. The van der Waals surface area contributed by atoms with Crippen molar-refractivity contribution >= 4 is 0 Å². The maximum Gasteiger partial charge on any atom is 0.0810 e. The number of nitrogens with zero attached hydrogens (tertiary/aromatic N) is 3. The summed E-state index contributed by atoms with van der Waals surface area (Å²) in [4.78, 5) is 2.33. The standard InChI is InChI=1S/C14H26N4/c1-17(2)14(9-6-4-5-7-10-14)13(15)12-8-11-18(3)16-12/h8,11,13H,4-7,9-10,15H2,1-3H3. The Bertz CT molecular complexity index is 375. The lowest BCUT2D eigenvalue weighted by molar-refractivity contribution is 0.0950. The summed E-state index contributed by atoms with van der Waals surface area (Å²) in [5.74, 6) is 0. The molecular weight excluding hydrogens is 224 g/mol. The molecule has 0 bridgehead atoms. The molecule has 4 heteroatoms. The molecule has 1 saturated carbocycles. The number of hydrogen-bond acceptors (Lipinski definition) is 3. The summed E-state index contributed by atoms with van der Waals surface area (Å²) >= 11 is 0. The van der Waals surface area contributed by atoms with Gasteiger partial charge in [0.2, 0.25) is 0 Å². The van der Waals surface area contributed by atoms with Crippen molar-refractivity contribution in [3.8, 4) is 0 Å². The molecule has 1 heterocycles. The van der Waals surface area contributed by atoms with Gasteiger partial charge in [-0.15, -0.1) is 0 Å². The number of aryl methyl sites for hydroxylation is 1. The van der Waals surface area contributed by atoms with Crippen LogP contribution in [0.5, 0.6) is 0 Å². The van der Waals surface area contributed by atoms with E-state index in [-0.39, 0.29) is 11.6 Å². The first-order valence-electron chi connectivity index (χ1n) is 6.99. The summed E-state index contributed by atoms with van der Waals surface area (Å²) in [6.07, 6.45) is 9.57. The van der Waals surface area contributed by atoms with Gasteiger partial charge in [0.25, 0.3) is 0 Å². The van der Waals surface area contributed by atoms with Gasteiger partial charge in [-0.3, -0.25) is 4.68 Å². The molecule has 0 aromatic carbocycles. The Morgan fingerprint density at radius 2 is 1.89 bits per heavy atom. The first-order valence-corrected chi connectivity index (χ1v) is 6.99. The summed E-state index contributed by atoms with van der Waals surface area (Å²) in [5.41, 5.74) is 7.67. The van der Waals surface area contributed by atoms with E-state index >= 15 is 0 Å². The first-order chi connectivity index (χ1) is 8.56. The molecule has 1 atom stereocenters. The minimum atomic E-state index is 0.00630. The molecule has 0 aliphatic heterocycles. The Kier molecular flexibility index (Phi) is 4.07. The van der Waals surface area contributed by atoms with Gasteiger partial charge in [0.05, 0.1) is 11.7 Å². The fraction of sp³-hybridized carbons (Fsp3) is 0.786. The maximum atomic E-state index is 6.57. The van der Waals surface area contributed by atoms with Crippen molar-refractivity contribution in [2.45, 2.75) is 50.1 Å². The van der Waals surface area contributed by atoms with Crippen molar-refractivity contribution in [1.29, 1.82) is 0 Å². The molecule has 1 aromatic rings. The van der Waals surface area contributed by atoms with Crippen LogP contribution in [0.1, 0.15) is 50.3 Å². The minimum absolute atomic E-state index is 0.00630. The summed E-state index contributed by atoms with van der Waals surface area (Å²) in [7, 11) is 6.27. The Hall–Kier alpha value is -0.870. The quantitative estimate of drug-likeness (QED) is 0.835. The zero-order chi connectivity index (χ0) is 13.2. The second kappa shape index (κ2) is 5.41. The molecule has 0 radical (unpaired) electrons. The van der Waals surface area contributed by atoms with E-state index in [1.54, 1.807) is 0 Å². The van der Waals surface area contributed by atoms with Crippen LogP contribution in [0.25, 0.3) is 0 Å². The van der Waals surface area contributed by atoms with Crippen molar-refractivity contribution in [2.75, 3.05) is 14.1 Å². The number of rotatable bonds is 3. The van der Waals surface area contributed by atoms with Crippen LogP contribution in [0.4, 0.5) is 0 Å². The zero-order valence-corrected chi connectivity index (χ0v) is 11.9. The highest BCUT2D eigenvalue weighted by Crippen LogP contribution is 2.39. The third kappa shape index (κ3) is 2.45. The summed E-state index contributed by atoms with van der Waals surface area (Å²) < 4.78 is 1.84. The molecule has 0 spiro atoms. The average Bonchev–Trinajstić information content (AvgIpc) is 2.63. The smallest absolute Gasteiger partial charge is 0.0810 e. The van der Waals surface area contributed by atoms with Gasteiger partial charge in [-0.2, -0.15) is 5.10 Å². The van der Waals surface area contributed by atoms with Crippen LogP contribution in [-0.2, 0) is 7.05 Å². The highest BCUT2D eigenvalue weighted by atomic mass is 15.3. The van der Waals surface area contributed by atoms with E-state index in [9.17, 15) is 0 Å². The predicted molar refractivity (Wildman–Crippen MR) is 74.3 cm³/mol. The fourth-order valence-electron chi connectivity index (χ4n) is 3.25. The SMILES string of the molecule is CN(C)C1(C(N)c2ccn(C)n2)CCCCCC1. The Labute approximate surface area is 110 Å². The van der Waals surface area contributed by atoms with E-state index in [0.29, 0.717) is 0 Å². The number of nitrogens with two attached hydrogens (primary N) is 1. The third-order valence-electron chi connectivity index (χ3n) is 4.49. The van der Waals surface area contributed by atoms with Crippen LogP contribution in [0.2, 0.25) is 0 Å². The lowest BCUT2D eigenvalue weighted by Crippen LogP contribution is -2.52. The van der Waals surface area contributed by atoms with Crippen molar-refractivity contribution in [2.24, 2.45) is 12.8 Å².